The van der Waals surface area contributed by atoms with Gasteiger partial charge in [-0.25, -0.2) is 0 Å². The minimum absolute atomic E-state index is 0. The SMILES string of the molecule is [K+].[O-]c1ccc(I)c(I)c1I. The first-order valence-corrected chi connectivity index (χ1v) is 5.67. The van der Waals surface area contributed by atoms with E-state index in [1.165, 1.54) is 0 Å². The molecule has 0 radical (unpaired) electrons. The molecule has 1 aromatic carbocycles. The Morgan fingerprint density at radius 3 is 2.00 bits per heavy atom. The molecule has 11 heavy (non-hydrogen) atoms. The van der Waals surface area contributed by atoms with Crippen molar-refractivity contribution in [1.29, 1.82) is 0 Å². The standard InChI is InChI=1S/C6H3I3O.K/c7-3-1-2-4(10)6(9)5(3)8;/h1-2,10H;/q;+1/p-1. The fourth-order valence-electron chi connectivity index (χ4n) is 0.508. The van der Waals surface area contributed by atoms with Crippen LogP contribution in [-0.4, -0.2) is 0 Å². The summed E-state index contributed by atoms with van der Waals surface area (Å²) in [6.45, 7) is 0. The monoisotopic (exact) mass is 510 g/mol. The van der Waals surface area contributed by atoms with Crippen LogP contribution in [0.5, 0.6) is 5.75 Å². The first-order chi connectivity index (χ1) is 4.63. The molecule has 1 aromatic rings. The quantitative estimate of drug-likeness (QED) is 0.265. The van der Waals surface area contributed by atoms with E-state index in [2.05, 4.69) is 67.8 Å². The van der Waals surface area contributed by atoms with Crippen molar-refractivity contribution in [1.82, 2.24) is 0 Å². The molecule has 0 aliphatic heterocycles. The summed E-state index contributed by atoms with van der Waals surface area (Å²) in [6.07, 6.45) is 0. The molecule has 0 saturated carbocycles. The van der Waals surface area contributed by atoms with Gasteiger partial charge in [-0.15, -0.1) is 0 Å². The molecule has 0 atom stereocenters. The molecule has 0 amide bonds. The molecule has 0 N–H and O–H groups in total. The number of benzene rings is 1. The zero-order chi connectivity index (χ0) is 7.72. The molecular formula is C6H2I3KO. The van der Waals surface area contributed by atoms with Gasteiger partial charge in [-0.1, -0.05) is 11.8 Å². The Kier molecular flexibility index (Phi) is 8.00. The van der Waals surface area contributed by atoms with Crippen molar-refractivity contribution in [3.8, 4) is 5.75 Å². The van der Waals surface area contributed by atoms with E-state index < -0.39 is 0 Å². The maximum atomic E-state index is 11.0. The molecule has 0 fully saturated rings. The van der Waals surface area contributed by atoms with Gasteiger partial charge in [0, 0.05) is 10.7 Å². The fraction of sp³-hybridized carbons (Fsp3) is 0. The van der Waals surface area contributed by atoms with Gasteiger partial charge in [0.15, 0.2) is 0 Å². The van der Waals surface area contributed by atoms with Crippen LogP contribution in [-0.2, 0) is 0 Å². The van der Waals surface area contributed by atoms with E-state index in [1.54, 1.807) is 6.07 Å². The molecule has 0 saturated heterocycles. The maximum Gasteiger partial charge on any atom is 1.00 e. The third kappa shape index (κ3) is 3.84. The number of hydrogen-bond acceptors (Lipinski definition) is 1. The summed E-state index contributed by atoms with van der Waals surface area (Å²) < 4.78 is 3.03. The molecule has 0 spiro atoms. The van der Waals surface area contributed by atoms with Crippen LogP contribution >= 0.6 is 67.8 Å². The Morgan fingerprint density at radius 2 is 1.55 bits per heavy atom. The van der Waals surface area contributed by atoms with Crippen LogP contribution in [0.4, 0.5) is 0 Å². The minimum Gasteiger partial charge on any atom is -0.872 e. The molecule has 1 nitrogen and oxygen atoms in total. The van der Waals surface area contributed by atoms with E-state index in [9.17, 15) is 5.11 Å². The summed E-state index contributed by atoms with van der Waals surface area (Å²) in [4.78, 5) is 0. The van der Waals surface area contributed by atoms with Crippen LogP contribution in [0.3, 0.4) is 0 Å². The summed E-state index contributed by atoms with van der Waals surface area (Å²) in [6, 6.07) is 3.44. The molecule has 54 valence electrons. The van der Waals surface area contributed by atoms with Crippen molar-refractivity contribution in [2.45, 2.75) is 0 Å². The van der Waals surface area contributed by atoms with Crippen molar-refractivity contribution < 1.29 is 56.5 Å². The van der Waals surface area contributed by atoms with Gasteiger partial charge in [0.05, 0.1) is 0 Å². The van der Waals surface area contributed by atoms with Crippen molar-refractivity contribution >= 4 is 67.8 Å². The Balaban J connectivity index is 0.000001000. The molecule has 0 aromatic heterocycles. The largest absolute Gasteiger partial charge is 1.00 e. The van der Waals surface area contributed by atoms with Crippen molar-refractivity contribution in [3.63, 3.8) is 0 Å². The van der Waals surface area contributed by atoms with Gasteiger partial charge in [0.25, 0.3) is 0 Å². The third-order valence-electron chi connectivity index (χ3n) is 1.000. The number of hydrogen-bond donors (Lipinski definition) is 0. The summed E-state index contributed by atoms with van der Waals surface area (Å²) in [5, 5.41) is 11.0. The average molecular weight is 510 g/mol. The number of rotatable bonds is 0. The topological polar surface area (TPSA) is 23.1 Å². The molecule has 0 aliphatic carbocycles. The van der Waals surface area contributed by atoms with Crippen molar-refractivity contribution in [2.24, 2.45) is 0 Å². The summed E-state index contributed by atoms with van der Waals surface area (Å²) in [5.41, 5.74) is 0. The fourth-order valence-corrected chi connectivity index (χ4v) is 2.39. The Hall–Kier alpha value is 2.85. The van der Waals surface area contributed by atoms with Gasteiger partial charge in [-0.3, -0.25) is 0 Å². The smallest absolute Gasteiger partial charge is 0.872 e. The van der Waals surface area contributed by atoms with E-state index in [0.717, 1.165) is 10.7 Å². The molecule has 1 rings (SSSR count). The van der Waals surface area contributed by atoms with Gasteiger partial charge < -0.3 is 5.11 Å². The first kappa shape index (κ1) is 13.8. The molecule has 0 bridgehead atoms. The molecule has 5 heteroatoms. The Labute approximate surface area is 149 Å². The third-order valence-corrected chi connectivity index (χ3v) is 6.15. The second kappa shape index (κ2) is 6.35. The van der Waals surface area contributed by atoms with Crippen LogP contribution in [0.1, 0.15) is 0 Å². The van der Waals surface area contributed by atoms with E-state index in [0.29, 0.717) is 0 Å². The van der Waals surface area contributed by atoms with Gasteiger partial charge in [0.1, 0.15) is 0 Å². The van der Waals surface area contributed by atoms with Gasteiger partial charge in [0.2, 0.25) is 0 Å². The van der Waals surface area contributed by atoms with E-state index in [1.807, 2.05) is 6.07 Å². The molecule has 0 aliphatic rings. The van der Waals surface area contributed by atoms with E-state index >= 15 is 0 Å². The maximum absolute atomic E-state index is 11.0. The van der Waals surface area contributed by atoms with Crippen LogP contribution in [0.15, 0.2) is 12.1 Å². The summed E-state index contributed by atoms with van der Waals surface area (Å²) >= 11 is 6.46. The number of halogens is 3. The summed E-state index contributed by atoms with van der Waals surface area (Å²) in [5.74, 6) is 0.116. The predicted octanol–water partition coefficient (Wildman–Crippen LogP) is -0.422. The zero-order valence-corrected chi connectivity index (χ0v) is 15.3. The van der Waals surface area contributed by atoms with Crippen molar-refractivity contribution in [2.75, 3.05) is 0 Å². The van der Waals surface area contributed by atoms with Crippen molar-refractivity contribution in [3.05, 3.63) is 22.8 Å². The first-order valence-electron chi connectivity index (χ1n) is 2.43. The zero-order valence-electron chi connectivity index (χ0n) is 5.70. The van der Waals surface area contributed by atoms with Crippen LogP contribution in [0.2, 0.25) is 0 Å². The molecule has 0 heterocycles. The van der Waals surface area contributed by atoms with Gasteiger partial charge in [-0.2, -0.15) is 0 Å². The van der Waals surface area contributed by atoms with Gasteiger partial charge >= 0.3 is 51.4 Å². The predicted molar refractivity (Wildman–Crippen MR) is 64.0 cm³/mol. The van der Waals surface area contributed by atoms with Crippen LogP contribution < -0.4 is 56.5 Å². The summed E-state index contributed by atoms with van der Waals surface area (Å²) in [7, 11) is 0. The van der Waals surface area contributed by atoms with Crippen LogP contribution in [0, 0.1) is 10.7 Å². The second-order valence-corrected chi connectivity index (χ2v) is 4.99. The van der Waals surface area contributed by atoms with E-state index in [-0.39, 0.29) is 57.1 Å². The van der Waals surface area contributed by atoms with E-state index in [4.69, 9.17) is 0 Å². The van der Waals surface area contributed by atoms with Crippen LogP contribution in [0.25, 0.3) is 0 Å². The average Bonchev–Trinajstić information content (AvgIpc) is 1.93. The second-order valence-electron chi connectivity index (χ2n) is 1.67. The Morgan fingerprint density at radius 1 is 1.00 bits per heavy atom. The van der Waals surface area contributed by atoms with Gasteiger partial charge in [-0.05, 0) is 73.8 Å². The molecular weight excluding hydrogens is 508 g/mol. The molecule has 0 unspecified atom stereocenters. The normalized spacial score (nSPS) is 9.00. The Bertz CT molecular complexity index is 237. The minimum atomic E-state index is 0.